The van der Waals surface area contributed by atoms with Crippen LogP contribution in [0.4, 0.5) is 0 Å². The van der Waals surface area contributed by atoms with Gasteiger partial charge in [-0.1, -0.05) is 25.7 Å². The number of aromatic nitrogens is 3. The fourth-order valence-electron chi connectivity index (χ4n) is 4.05. The van der Waals surface area contributed by atoms with Gasteiger partial charge >= 0.3 is 5.97 Å². The summed E-state index contributed by atoms with van der Waals surface area (Å²) in [6.45, 7) is 1.00. The Morgan fingerprint density at radius 1 is 1.10 bits per heavy atom. The van der Waals surface area contributed by atoms with Gasteiger partial charge in [-0.3, -0.25) is 4.79 Å². The van der Waals surface area contributed by atoms with Crippen LogP contribution < -0.4 is 0 Å². The summed E-state index contributed by atoms with van der Waals surface area (Å²) < 4.78 is 2.27. The number of rotatable bonds is 4. The summed E-state index contributed by atoms with van der Waals surface area (Å²) in [4.78, 5) is 11.3. The van der Waals surface area contributed by atoms with Crippen LogP contribution in [0.2, 0.25) is 0 Å². The van der Waals surface area contributed by atoms with E-state index in [1.807, 2.05) is 0 Å². The van der Waals surface area contributed by atoms with Crippen molar-refractivity contribution in [2.75, 3.05) is 0 Å². The van der Waals surface area contributed by atoms with Crippen LogP contribution in [0, 0.1) is 5.41 Å². The maximum atomic E-state index is 11.3. The van der Waals surface area contributed by atoms with Crippen molar-refractivity contribution in [3.63, 3.8) is 0 Å². The molecule has 1 aromatic heterocycles. The van der Waals surface area contributed by atoms with Crippen molar-refractivity contribution in [3.05, 3.63) is 11.6 Å². The predicted molar refractivity (Wildman–Crippen MR) is 79.1 cm³/mol. The van der Waals surface area contributed by atoms with Gasteiger partial charge in [-0.05, 0) is 31.1 Å². The van der Waals surface area contributed by atoms with Crippen LogP contribution >= 0.6 is 0 Å². The molecule has 5 heteroatoms. The van der Waals surface area contributed by atoms with Crippen molar-refractivity contribution in [1.82, 2.24) is 14.8 Å². The van der Waals surface area contributed by atoms with E-state index in [0.29, 0.717) is 0 Å². The lowest BCUT2D eigenvalue weighted by Gasteiger charge is -2.35. The van der Waals surface area contributed by atoms with Crippen LogP contribution in [-0.4, -0.2) is 25.8 Å². The summed E-state index contributed by atoms with van der Waals surface area (Å²) >= 11 is 0. The largest absolute Gasteiger partial charge is 0.481 e. The molecule has 3 rings (SSSR count). The van der Waals surface area contributed by atoms with Gasteiger partial charge in [0.2, 0.25) is 0 Å². The van der Waals surface area contributed by atoms with Crippen molar-refractivity contribution in [2.24, 2.45) is 5.41 Å². The highest BCUT2D eigenvalue weighted by Gasteiger charge is 2.36. The van der Waals surface area contributed by atoms with Gasteiger partial charge in [0.25, 0.3) is 0 Å². The number of carbonyl (C=O) groups is 1. The van der Waals surface area contributed by atoms with Gasteiger partial charge in [0.15, 0.2) is 0 Å². The Bertz CT molecular complexity index is 504. The number of carboxylic acids is 1. The molecule has 0 spiro atoms. The average Bonchev–Trinajstić information content (AvgIpc) is 2.68. The fourth-order valence-corrected chi connectivity index (χ4v) is 4.05. The summed E-state index contributed by atoms with van der Waals surface area (Å²) in [6, 6.07) is 0. The summed E-state index contributed by atoms with van der Waals surface area (Å²) in [5, 5.41) is 18.1. The van der Waals surface area contributed by atoms with Crippen molar-refractivity contribution in [3.8, 4) is 0 Å². The lowest BCUT2D eigenvalue weighted by Crippen LogP contribution is -2.31. The smallest absolute Gasteiger partial charge is 0.303 e. The minimum absolute atomic E-state index is 0.0970. The third-order valence-corrected chi connectivity index (χ3v) is 5.16. The Kier molecular flexibility index (Phi) is 4.27. The van der Waals surface area contributed by atoms with Crippen LogP contribution in [0.15, 0.2) is 0 Å². The molecule has 2 aliphatic rings. The van der Waals surface area contributed by atoms with Crippen molar-refractivity contribution < 1.29 is 9.90 Å². The summed E-state index contributed by atoms with van der Waals surface area (Å²) in [6.07, 6.45) is 11.3. The number of fused-ring (bicyclic) bond motifs is 1. The lowest BCUT2D eigenvalue weighted by atomic mass is 9.69. The van der Waals surface area contributed by atoms with E-state index in [2.05, 4.69) is 14.8 Å². The zero-order chi connectivity index (χ0) is 14.7. The highest BCUT2D eigenvalue weighted by Crippen LogP contribution is 2.42. The number of hydrogen-bond acceptors (Lipinski definition) is 3. The van der Waals surface area contributed by atoms with Gasteiger partial charge < -0.3 is 9.67 Å². The van der Waals surface area contributed by atoms with E-state index in [-0.39, 0.29) is 11.8 Å². The Morgan fingerprint density at radius 2 is 1.86 bits per heavy atom. The Hall–Kier alpha value is -1.39. The molecule has 0 amide bonds. The molecule has 0 aromatic carbocycles. The standard InChI is InChI=1S/C16H25N3O2/c20-15(21)12-16(8-4-2-5-9-16)11-14-18-17-13-7-3-1-6-10-19(13)14/h1-12H2,(H,20,21). The molecule has 0 atom stereocenters. The minimum atomic E-state index is -0.674. The zero-order valence-electron chi connectivity index (χ0n) is 12.7. The molecule has 1 aliphatic heterocycles. The van der Waals surface area contributed by atoms with Gasteiger partial charge in [0, 0.05) is 19.4 Å². The number of carboxylic acid groups (broad SMARTS) is 1. The molecule has 0 bridgehead atoms. The van der Waals surface area contributed by atoms with Gasteiger partial charge in [0.05, 0.1) is 6.42 Å². The summed E-state index contributed by atoms with van der Waals surface area (Å²) in [7, 11) is 0. The summed E-state index contributed by atoms with van der Waals surface area (Å²) in [5.41, 5.74) is -0.0970. The van der Waals surface area contributed by atoms with Crippen LogP contribution in [0.5, 0.6) is 0 Å². The van der Waals surface area contributed by atoms with Crippen LogP contribution in [0.3, 0.4) is 0 Å². The Balaban J connectivity index is 1.82. The maximum Gasteiger partial charge on any atom is 0.303 e. The number of aryl methyl sites for hydroxylation is 1. The molecule has 1 N–H and O–H groups in total. The Morgan fingerprint density at radius 3 is 2.62 bits per heavy atom. The topological polar surface area (TPSA) is 68.0 Å². The minimum Gasteiger partial charge on any atom is -0.481 e. The molecule has 1 aromatic rings. The van der Waals surface area contributed by atoms with E-state index >= 15 is 0 Å². The first-order valence-corrected chi connectivity index (χ1v) is 8.31. The normalized spacial score (nSPS) is 21.5. The third-order valence-electron chi connectivity index (χ3n) is 5.16. The molecular formula is C16H25N3O2. The number of hydrogen-bond donors (Lipinski definition) is 1. The lowest BCUT2D eigenvalue weighted by molar-refractivity contribution is -0.140. The van der Waals surface area contributed by atoms with Crippen molar-refractivity contribution >= 4 is 5.97 Å². The monoisotopic (exact) mass is 291 g/mol. The molecule has 1 aliphatic carbocycles. The first-order valence-electron chi connectivity index (χ1n) is 8.31. The van der Waals surface area contributed by atoms with Gasteiger partial charge in [0.1, 0.15) is 11.6 Å². The van der Waals surface area contributed by atoms with Crippen LogP contribution in [-0.2, 0) is 24.2 Å². The molecule has 0 saturated heterocycles. The van der Waals surface area contributed by atoms with E-state index in [1.54, 1.807) is 0 Å². The predicted octanol–water partition coefficient (Wildman–Crippen LogP) is 2.97. The SMILES string of the molecule is O=C(O)CC1(Cc2nnc3n2CCCCC3)CCCCC1. The molecule has 0 unspecified atom stereocenters. The van der Waals surface area contributed by atoms with Gasteiger partial charge in [-0.15, -0.1) is 10.2 Å². The Labute approximate surface area is 125 Å². The first-order chi connectivity index (χ1) is 10.2. The molecular weight excluding hydrogens is 266 g/mol. The molecule has 2 heterocycles. The van der Waals surface area contributed by atoms with Crippen LogP contribution in [0.1, 0.15) is 69.4 Å². The second-order valence-electron chi connectivity index (χ2n) is 6.80. The molecule has 0 radical (unpaired) electrons. The van der Waals surface area contributed by atoms with E-state index < -0.39 is 5.97 Å². The highest BCUT2D eigenvalue weighted by atomic mass is 16.4. The second-order valence-corrected chi connectivity index (χ2v) is 6.80. The molecule has 5 nitrogen and oxygen atoms in total. The molecule has 1 fully saturated rings. The summed E-state index contributed by atoms with van der Waals surface area (Å²) in [5.74, 6) is 1.45. The fraction of sp³-hybridized carbons (Fsp3) is 0.812. The zero-order valence-corrected chi connectivity index (χ0v) is 12.7. The van der Waals surface area contributed by atoms with Crippen molar-refractivity contribution in [2.45, 2.75) is 77.2 Å². The van der Waals surface area contributed by atoms with Gasteiger partial charge in [-0.2, -0.15) is 0 Å². The van der Waals surface area contributed by atoms with E-state index in [0.717, 1.165) is 56.7 Å². The second kappa shape index (κ2) is 6.16. The highest BCUT2D eigenvalue weighted by molar-refractivity contribution is 5.67. The van der Waals surface area contributed by atoms with E-state index in [9.17, 15) is 9.90 Å². The molecule has 116 valence electrons. The maximum absolute atomic E-state index is 11.3. The molecule has 21 heavy (non-hydrogen) atoms. The third kappa shape index (κ3) is 3.27. The van der Waals surface area contributed by atoms with Gasteiger partial charge in [-0.25, -0.2) is 0 Å². The number of nitrogens with zero attached hydrogens (tertiary/aromatic N) is 3. The van der Waals surface area contributed by atoms with E-state index in [1.165, 1.54) is 25.7 Å². The van der Waals surface area contributed by atoms with Crippen molar-refractivity contribution in [1.29, 1.82) is 0 Å². The van der Waals surface area contributed by atoms with Crippen LogP contribution in [0.25, 0.3) is 0 Å². The average molecular weight is 291 g/mol. The first kappa shape index (κ1) is 14.5. The quantitative estimate of drug-likeness (QED) is 0.926. The van der Waals surface area contributed by atoms with E-state index in [4.69, 9.17) is 0 Å². The molecule has 1 saturated carbocycles. The number of aliphatic carboxylic acids is 1.